The standard InChI is InChI=1S/C14H13N5O3/c1-18(14(21)11-5-6-13(20)19(2)15-11)8-9-3-4-10-12(7-9)17-22-16-10/h3-7H,8H2,1-2H3. The molecule has 3 aromatic rings. The molecule has 0 unspecified atom stereocenters. The van der Waals surface area contributed by atoms with E-state index in [0.29, 0.717) is 17.6 Å². The van der Waals surface area contributed by atoms with Crippen molar-refractivity contribution in [1.29, 1.82) is 0 Å². The number of rotatable bonds is 3. The lowest BCUT2D eigenvalue weighted by molar-refractivity contribution is 0.0776. The first-order valence-electron chi connectivity index (χ1n) is 6.55. The fraction of sp³-hybridized carbons (Fsp3) is 0.214. The molecule has 1 aromatic carbocycles. The first kappa shape index (κ1) is 13.9. The Morgan fingerprint density at radius 3 is 2.77 bits per heavy atom. The summed E-state index contributed by atoms with van der Waals surface area (Å²) in [6.07, 6.45) is 0. The quantitative estimate of drug-likeness (QED) is 0.702. The van der Waals surface area contributed by atoms with Crippen LogP contribution < -0.4 is 5.56 Å². The van der Waals surface area contributed by atoms with Crippen LogP contribution in [0, 0.1) is 0 Å². The summed E-state index contributed by atoms with van der Waals surface area (Å²) in [7, 11) is 3.17. The molecular weight excluding hydrogens is 286 g/mol. The van der Waals surface area contributed by atoms with Crippen LogP contribution in [-0.2, 0) is 13.6 Å². The Balaban J connectivity index is 1.80. The molecule has 112 valence electrons. The van der Waals surface area contributed by atoms with Crippen molar-refractivity contribution >= 4 is 16.9 Å². The zero-order valence-electron chi connectivity index (χ0n) is 12.1. The van der Waals surface area contributed by atoms with Crippen molar-refractivity contribution in [2.45, 2.75) is 6.54 Å². The van der Waals surface area contributed by atoms with Crippen molar-refractivity contribution in [1.82, 2.24) is 25.0 Å². The highest BCUT2D eigenvalue weighted by Crippen LogP contribution is 2.13. The maximum atomic E-state index is 12.3. The van der Waals surface area contributed by atoms with Gasteiger partial charge in [-0.2, -0.15) is 5.10 Å². The van der Waals surface area contributed by atoms with E-state index in [4.69, 9.17) is 0 Å². The van der Waals surface area contributed by atoms with E-state index < -0.39 is 0 Å². The van der Waals surface area contributed by atoms with Gasteiger partial charge in [-0.25, -0.2) is 9.31 Å². The third-order valence-electron chi connectivity index (χ3n) is 3.26. The third-order valence-corrected chi connectivity index (χ3v) is 3.26. The van der Waals surface area contributed by atoms with Gasteiger partial charge in [0.2, 0.25) is 0 Å². The number of aryl methyl sites for hydroxylation is 1. The Labute approximate surface area is 124 Å². The van der Waals surface area contributed by atoms with Gasteiger partial charge < -0.3 is 4.90 Å². The average Bonchev–Trinajstić information content (AvgIpc) is 2.97. The first-order valence-corrected chi connectivity index (χ1v) is 6.55. The van der Waals surface area contributed by atoms with E-state index in [1.165, 1.54) is 24.1 Å². The lowest BCUT2D eigenvalue weighted by Crippen LogP contribution is -2.30. The molecule has 0 aliphatic rings. The molecule has 1 amide bonds. The molecule has 0 aliphatic heterocycles. The number of carbonyl (C=O) groups is 1. The molecule has 22 heavy (non-hydrogen) atoms. The Morgan fingerprint density at radius 2 is 2.00 bits per heavy atom. The summed E-state index contributed by atoms with van der Waals surface area (Å²) in [5.74, 6) is -0.269. The second-order valence-corrected chi connectivity index (χ2v) is 4.93. The van der Waals surface area contributed by atoms with E-state index in [0.717, 1.165) is 10.2 Å². The topological polar surface area (TPSA) is 94.1 Å². The van der Waals surface area contributed by atoms with Crippen molar-refractivity contribution in [2.24, 2.45) is 7.05 Å². The molecule has 0 bridgehead atoms. The number of amides is 1. The van der Waals surface area contributed by atoms with Crippen molar-refractivity contribution < 1.29 is 9.42 Å². The van der Waals surface area contributed by atoms with Gasteiger partial charge in [0.15, 0.2) is 0 Å². The molecule has 2 aromatic heterocycles. The maximum absolute atomic E-state index is 12.3. The Morgan fingerprint density at radius 1 is 1.23 bits per heavy atom. The zero-order valence-corrected chi connectivity index (χ0v) is 12.1. The maximum Gasteiger partial charge on any atom is 0.274 e. The van der Waals surface area contributed by atoms with Gasteiger partial charge in [-0.3, -0.25) is 9.59 Å². The van der Waals surface area contributed by atoms with Crippen LogP contribution >= 0.6 is 0 Å². The van der Waals surface area contributed by atoms with Gasteiger partial charge in [0.25, 0.3) is 11.5 Å². The van der Waals surface area contributed by atoms with E-state index in [-0.39, 0.29) is 17.2 Å². The van der Waals surface area contributed by atoms with Gasteiger partial charge >= 0.3 is 0 Å². The van der Waals surface area contributed by atoms with Crippen LogP contribution in [0.15, 0.2) is 39.8 Å². The monoisotopic (exact) mass is 299 g/mol. The molecule has 0 N–H and O–H groups in total. The molecular formula is C14H13N5O3. The molecule has 0 radical (unpaired) electrons. The highest BCUT2D eigenvalue weighted by Gasteiger charge is 2.15. The molecule has 0 saturated heterocycles. The number of nitrogens with zero attached hydrogens (tertiary/aromatic N) is 5. The van der Waals surface area contributed by atoms with Crippen LogP contribution in [0.4, 0.5) is 0 Å². The zero-order chi connectivity index (χ0) is 15.7. The summed E-state index contributed by atoms with van der Waals surface area (Å²) >= 11 is 0. The predicted octanol–water partition coefficient (Wildman–Crippen LogP) is 0.589. The van der Waals surface area contributed by atoms with Gasteiger partial charge in [-0.1, -0.05) is 6.07 Å². The van der Waals surface area contributed by atoms with E-state index in [1.54, 1.807) is 13.1 Å². The number of benzene rings is 1. The number of fused-ring (bicyclic) bond motifs is 1. The molecule has 3 rings (SSSR count). The summed E-state index contributed by atoms with van der Waals surface area (Å²) < 4.78 is 5.78. The van der Waals surface area contributed by atoms with Gasteiger partial charge in [0.05, 0.1) is 0 Å². The number of carbonyl (C=O) groups excluding carboxylic acids is 1. The van der Waals surface area contributed by atoms with Crippen molar-refractivity contribution in [3.8, 4) is 0 Å². The Kier molecular flexibility index (Phi) is 3.42. The molecule has 0 saturated carbocycles. The largest absolute Gasteiger partial charge is 0.336 e. The fourth-order valence-electron chi connectivity index (χ4n) is 2.08. The minimum atomic E-state index is -0.269. The molecule has 8 heteroatoms. The van der Waals surface area contributed by atoms with Crippen LogP contribution in [0.1, 0.15) is 16.1 Å². The van der Waals surface area contributed by atoms with Crippen molar-refractivity contribution in [2.75, 3.05) is 7.05 Å². The van der Waals surface area contributed by atoms with Crippen LogP contribution in [0.25, 0.3) is 11.0 Å². The summed E-state index contributed by atoms with van der Waals surface area (Å²) in [6.45, 7) is 0.381. The minimum Gasteiger partial charge on any atom is -0.336 e. The third kappa shape index (κ3) is 2.58. The smallest absolute Gasteiger partial charge is 0.274 e. The van der Waals surface area contributed by atoms with Gasteiger partial charge in [-0.05, 0) is 34.1 Å². The molecule has 0 atom stereocenters. The molecule has 8 nitrogen and oxygen atoms in total. The Hall–Kier alpha value is -3.03. The molecule has 0 fully saturated rings. The van der Waals surface area contributed by atoms with Gasteiger partial charge in [0, 0.05) is 26.7 Å². The lowest BCUT2D eigenvalue weighted by atomic mass is 10.2. The van der Waals surface area contributed by atoms with Crippen LogP contribution in [0.5, 0.6) is 0 Å². The van der Waals surface area contributed by atoms with Crippen LogP contribution in [0.2, 0.25) is 0 Å². The minimum absolute atomic E-state index is 0.216. The first-order chi connectivity index (χ1) is 10.5. The SMILES string of the molecule is CN(Cc1ccc2nonc2c1)C(=O)c1ccc(=O)n(C)n1. The molecule has 2 heterocycles. The second kappa shape index (κ2) is 5.40. The van der Waals surface area contributed by atoms with E-state index in [9.17, 15) is 9.59 Å². The van der Waals surface area contributed by atoms with E-state index in [1.807, 2.05) is 12.1 Å². The normalized spacial score (nSPS) is 10.8. The molecule has 0 spiro atoms. The fourth-order valence-corrected chi connectivity index (χ4v) is 2.08. The predicted molar refractivity (Wildman–Crippen MR) is 77.1 cm³/mol. The summed E-state index contributed by atoms with van der Waals surface area (Å²) in [6, 6.07) is 8.19. The number of aromatic nitrogens is 4. The van der Waals surface area contributed by atoms with Gasteiger partial charge in [-0.15, -0.1) is 0 Å². The second-order valence-electron chi connectivity index (χ2n) is 4.93. The summed E-state index contributed by atoms with van der Waals surface area (Å²) in [5.41, 5.74) is 2.15. The highest BCUT2D eigenvalue weighted by atomic mass is 16.6. The van der Waals surface area contributed by atoms with Crippen molar-refractivity contribution in [3.05, 3.63) is 51.9 Å². The highest BCUT2D eigenvalue weighted by molar-refractivity contribution is 5.91. The number of hydrogen-bond acceptors (Lipinski definition) is 6. The molecule has 0 aliphatic carbocycles. The summed E-state index contributed by atoms with van der Waals surface area (Å²) in [5, 5.41) is 11.5. The number of hydrogen-bond donors (Lipinski definition) is 0. The van der Waals surface area contributed by atoms with Crippen LogP contribution in [0.3, 0.4) is 0 Å². The summed E-state index contributed by atoms with van der Waals surface area (Å²) in [4.78, 5) is 25.2. The lowest BCUT2D eigenvalue weighted by Gasteiger charge is -2.16. The average molecular weight is 299 g/mol. The van der Waals surface area contributed by atoms with Crippen molar-refractivity contribution in [3.63, 3.8) is 0 Å². The van der Waals surface area contributed by atoms with E-state index in [2.05, 4.69) is 20.0 Å². The van der Waals surface area contributed by atoms with Crippen LogP contribution in [-0.4, -0.2) is 37.9 Å². The Bertz CT molecular complexity index is 899. The van der Waals surface area contributed by atoms with Gasteiger partial charge in [0.1, 0.15) is 16.7 Å². The van der Waals surface area contributed by atoms with E-state index >= 15 is 0 Å².